The summed E-state index contributed by atoms with van der Waals surface area (Å²) in [4.78, 5) is 26.7. The highest BCUT2D eigenvalue weighted by atomic mass is 16.5. The van der Waals surface area contributed by atoms with Crippen molar-refractivity contribution >= 4 is 11.7 Å². The molecule has 1 amide bonds. The Balaban J connectivity index is 1.62. The van der Waals surface area contributed by atoms with Crippen LogP contribution in [0.5, 0.6) is 5.75 Å². The van der Waals surface area contributed by atoms with Gasteiger partial charge in [-0.15, -0.1) is 0 Å². The predicted molar refractivity (Wildman–Crippen MR) is 96.8 cm³/mol. The van der Waals surface area contributed by atoms with Gasteiger partial charge in [-0.2, -0.15) is 0 Å². The number of rotatable bonds is 5. The van der Waals surface area contributed by atoms with Crippen LogP contribution in [-0.4, -0.2) is 35.8 Å². The Morgan fingerprint density at radius 3 is 2.12 bits per heavy atom. The summed E-state index contributed by atoms with van der Waals surface area (Å²) in [5.74, 6) is 0.608. The third-order valence-electron chi connectivity index (χ3n) is 4.48. The van der Waals surface area contributed by atoms with Crippen LogP contribution in [0.25, 0.3) is 0 Å². The van der Waals surface area contributed by atoms with Crippen LogP contribution < -0.4 is 4.74 Å². The molecular weight excluding hydrogens is 314 g/mol. The van der Waals surface area contributed by atoms with Crippen LogP contribution >= 0.6 is 0 Å². The van der Waals surface area contributed by atoms with E-state index in [1.54, 1.807) is 43.3 Å². The lowest BCUT2D eigenvalue weighted by Crippen LogP contribution is -2.43. The molecule has 2 aromatic rings. The molecule has 1 heterocycles. The van der Waals surface area contributed by atoms with E-state index in [1.807, 2.05) is 23.1 Å². The zero-order chi connectivity index (χ0) is 17.6. The maximum absolute atomic E-state index is 12.4. The van der Waals surface area contributed by atoms with Crippen molar-refractivity contribution in [2.24, 2.45) is 0 Å². The fourth-order valence-corrected chi connectivity index (χ4v) is 3.07. The highest BCUT2D eigenvalue weighted by molar-refractivity contribution is 6.08. The molecule has 0 radical (unpaired) electrons. The van der Waals surface area contributed by atoms with Crippen LogP contribution in [0.2, 0.25) is 0 Å². The van der Waals surface area contributed by atoms with E-state index >= 15 is 0 Å². The van der Waals surface area contributed by atoms with Crippen LogP contribution in [-0.2, 0) is 4.79 Å². The molecule has 4 nitrogen and oxygen atoms in total. The number of amides is 1. The van der Waals surface area contributed by atoms with E-state index in [0.29, 0.717) is 16.9 Å². The first-order valence-corrected chi connectivity index (χ1v) is 8.80. The van der Waals surface area contributed by atoms with Gasteiger partial charge in [0.15, 0.2) is 11.9 Å². The van der Waals surface area contributed by atoms with Gasteiger partial charge < -0.3 is 9.64 Å². The maximum Gasteiger partial charge on any atom is 0.263 e. The standard InChI is InChI=1S/C21H23NO3/c1-16(21(24)22-14-6-3-7-15-22)25-19-12-10-18(11-13-19)20(23)17-8-4-2-5-9-17/h2,4-5,8-13,16H,3,6-7,14-15H2,1H3/t16-/m0/s1. The van der Waals surface area contributed by atoms with Crippen molar-refractivity contribution in [2.75, 3.05) is 13.1 Å². The number of ketones is 1. The zero-order valence-corrected chi connectivity index (χ0v) is 14.5. The van der Waals surface area contributed by atoms with E-state index in [4.69, 9.17) is 4.74 Å². The van der Waals surface area contributed by atoms with Gasteiger partial charge in [0.25, 0.3) is 5.91 Å². The van der Waals surface area contributed by atoms with Gasteiger partial charge in [-0.25, -0.2) is 0 Å². The van der Waals surface area contributed by atoms with Crippen LogP contribution in [0.4, 0.5) is 0 Å². The number of carbonyl (C=O) groups is 2. The quantitative estimate of drug-likeness (QED) is 0.782. The summed E-state index contributed by atoms with van der Waals surface area (Å²) >= 11 is 0. The van der Waals surface area contributed by atoms with Crippen LogP contribution in [0.3, 0.4) is 0 Å². The SMILES string of the molecule is C[C@H](Oc1ccc(C(=O)c2ccccc2)cc1)C(=O)N1CCCCC1. The Kier molecular flexibility index (Phi) is 5.49. The molecule has 0 bridgehead atoms. The average molecular weight is 337 g/mol. The number of carbonyl (C=O) groups excluding carboxylic acids is 2. The van der Waals surface area contributed by atoms with Crippen molar-refractivity contribution in [3.8, 4) is 5.75 Å². The van der Waals surface area contributed by atoms with Crippen LogP contribution in [0.1, 0.15) is 42.1 Å². The molecule has 1 aliphatic rings. The maximum atomic E-state index is 12.4. The molecule has 0 saturated carbocycles. The second kappa shape index (κ2) is 7.97. The number of hydrogen-bond donors (Lipinski definition) is 0. The molecule has 1 saturated heterocycles. The van der Waals surface area contributed by atoms with Crippen molar-refractivity contribution in [2.45, 2.75) is 32.3 Å². The minimum Gasteiger partial charge on any atom is -0.481 e. The summed E-state index contributed by atoms with van der Waals surface area (Å²) < 4.78 is 5.77. The van der Waals surface area contributed by atoms with E-state index in [0.717, 1.165) is 25.9 Å². The summed E-state index contributed by atoms with van der Waals surface area (Å²) in [7, 11) is 0. The number of benzene rings is 2. The second-order valence-electron chi connectivity index (χ2n) is 6.37. The first-order valence-electron chi connectivity index (χ1n) is 8.80. The van der Waals surface area contributed by atoms with Gasteiger partial charge in [0.2, 0.25) is 0 Å². The van der Waals surface area contributed by atoms with Crippen molar-refractivity contribution in [1.82, 2.24) is 4.90 Å². The van der Waals surface area contributed by atoms with Crippen molar-refractivity contribution < 1.29 is 14.3 Å². The van der Waals surface area contributed by atoms with E-state index in [1.165, 1.54) is 6.42 Å². The molecule has 0 unspecified atom stereocenters. The van der Waals surface area contributed by atoms with E-state index < -0.39 is 6.10 Å². The van der Waals surface area contributed by atoms with Gasteiger partial charge >= 0.3 is 0 Å². The molecule has 0 N–H and O–H groups in total. The smallest absolute Gasteiger partial charge is 0.263 e. The predicted octanol–water partition coefficient (Wildman–Crippen LogP) is 3.70. The lowest BCUT2D eigenvalue weighted by atomic mass is 10.0. The van der Waals surface area contributed by atoms with Crippen LogP contribution in [0, 0.1) is 0 Å². The third kappa shape index (κ3) is 4.27. The highest BCUT2D eigenvalue weighted by Gasteiger charge is 2.23. The van der Waals surface area contributed by atoms with E-state index in [-0.39, 0.29) is 11.7 Å². The first-order chi connectivity index (χ1) is 12.1. The molecule has 25 heavy (non-hydrogen) atoms. The molecule has 3 rings (SSSR count). The molecule has 130 valence electrons. The summed E-state index contributed by atoms with van der Waals surface area (Å²) in [6, 6.07) is 16.1. The van der Waals surface area contributed by atoms with E-state index in [2.05, 4.69) is 0 Å². The monoisotopic (exact) mass is 337 g/mol. The number of piperidine rings is 1. The molecule has 4 heteroatoms. The van der Waals surface area contributed by atoms with E-state index in [9.17, 15) is 9.59 Å². The van der Waals surface area contributed by atoms with Crippen molar-refractivity contribution in [3.63, 3.8) is 0 Å². The Morgan fingerprint density at radius 1 is 0.880 bits per heavy atom. The van der Waals surface area contributed by atoms with Gasteiger partial charge in [-0.1, -0.05) is 30.3 Å². The van der Waals surface area contributed by atoms with Gasteiger partial charge in [-0.3, -0.25) is 9.59 Å². The Morgan fingerprint density at radius 2 is 1.48 bits per heavy atom. The highest BCUT2D eigenvalue weighted by Crippen LogP contribution is 2.18. The summed E-state index contributed by atoms with van der Waals surface area (Å²) in [6.45, 7) is 3.41. The average Bonchev–Trinajstić information content (AvgIpc) is 2.68. The van der Waals surface area contributed by atoms with Gasteiger partial charge in [0.1, 0.15) is 5.75 Å². The molecule has 0 aromatic heterocycles. The summed E-state index contributed by atoms with van der Waals surface area (Å²) in [5.41, 5.74) is 1.26. The number of ether oxygens (including phenoxy) is 1. The number of likely N-dealkylation sites (tertiary alicyclic amines) is 1. The molecule has 1 fully saturated rings. The Hall–Kier alpha value is -2.62. The van der Waals surface area contributed by atoms with Gasteiger partial charge in [0.05, 0.1) is 0 Å². The van der Waals surface area contributed by atoms with Crippen molar-refractivity contribution in [3.05, 3.63) is 65.7 Å². The fourth-order valence-electron chi connectivity index (χ4n) is 3.07. The summed E-state index contributed by atoms with van der Waals surface area (Å²) in [5, 5.41) is 0. The number of hydrogen-bond acceptors (Lipinski definition) is 3. The lowest BCUT2D eigenvalue weighted by molar-refractivity contribution is -0.138. The lowest BCUT2D eigenvalue weighted by Gasteiger charge is -2.29. The zero-order valence-electron chi connectivity index (χ0n) is 14.5. The largest absolute Gasteiger partial charge is 0.481 e. The minimum absolute atomic E-state index is 0.0235. The Labute approximate surface area is 148 Å². The first kappa shape index (κ1) is 17.2. The number of nitrogens with zero attached hydrogens (tertiary/aromatic N) is 1. The molecule has 1 atom stereocenters. The molecule has 0 spiro atoms. The third-order valence-corrected chi connectivity index (χ3v) is 4.48. The molecule has 0 aliphatic carbocycles. The normalized spacial score (nSPS) is 15.5. The molecular formula is C21H23NO3. The minimum atomic E-state index is -0.520. The van der Waals surface area contributed by atoms with Gasteiger partial charge in [-0.05, 0) is 50.5 Å². The van der Waals surface area contributed by atoms with Gasteiger partial charge in [0, 0.05) is 24.2 Å². The fraction of sp³-hybridized carbons (Fsp3) is 0.333. The topological polar surface area (TPSA) is 46.6 Å². The molecule has 2 aromatic carbocycles. The van der Waals surface area contributed by atoms with Crippen LogP contribution in [0.15, 0.2) is 54.6 Å². The molecule has 1 aliphatic heterocycles. The summed E-state index contributed by atoms with van der Waals surface area (Å²) in [6.07, 6.45) is 2.80. The Bertz CT molecular complexity index is 719. The second-order valence-corrected chi connectivity index (χ2v) is 6.37. The van der Waals surface area contributed by atoms with Crippen molar-refractivity contribution in [1.29, 1.82) is 0 Å².